The van der Waals surface area contributed by atoms with Crippen LogP contribution in [0.5, 0.6) is 5.75 Å². The number of hydrogen-bond acceptors (Lipinski definition) is 3. The molecule has 0 fully saturated rings. The van der Waals surface area contributed by atoms with Crippen molar-refractivity contribution in [3.05, 3.63) is 51.2 Å². The molecule has 0 aliphatic rings. The molecule has 0 aliphatic carbocycles. The third-order valence-corrected chi connectivity index (χ3v) is 4.02. The first-order valence-electron chi connectivity index (χ1n) is 6.84. The number of nitrogens with one attached hydrogen (secondary N) is 1. The summed E-state index contributed by atoms with van der Waals surface area (Å²) >= 11 is 7.10. The molecule has 5 heteroatoms. The third kappa shape index (κ3) is 5.06. The van der Waals surface area contributed by atoms with Crippen molar-refractivity contribution < 1.29 is 9.53 Å². The Kier molecular flexibility index (Phi) is 5.65. The molecule has 0 saturated heterocycles. The third-order valence-electron chi connectivity index (χ3n) is 2.79. The molecule has 3 nitrogen and oxygen atoms in total. The molecule has 0 spiro atoms. The lowest BCUT2D eigenvalue weighted by Crippen LogP contribution is -2.24. The quantitative estimate of drug-likeness (QED) is 0.866. The Morgan fingerprint density at radius 3 is 2.52 bits per heavy atom. The van der Waals surface area contributed by atoms with Gasteiger partial charge in [-0.05, 0) is 50.1 Å². The molecule has 1 aromatic carbocycles. The second kappa shape index (κ2) is 7.48. The summed E-state index contributed by atoms with van der Waals surface area (Å²) in [6.45, 7) is 4.60. The van der Waals surface area contributed by atoms with Gasteiger partial charge in [-0.1, -0.05) is 23.7 Å². The minimum atomic E-state index is -0.0772. The number of halogens is 1. The van der Waals surface area contributed by atoms with Crippen LogP contribution in [0.3, 0.4) is 0 Å². The monoisotopic (exact) mass is 323 g/mol. The zero-order valence-corrected chi connectivity index (χ0v) is 13.6. The van der Waals surface area contributed by atoms with E-state index >= 15 is 0 Å². The summed E-state index contributed by atoms with van der Waals surface area (Å²) in [5, 5.41) is 2.89. The molecule has 2 rings (SSSR count). The van der Waals surface area contributed by atoms with Gasteiger partial charge in [0.25, 0.3) is 5.91 Å². The number of thiophene rings is 1. The van der Waals surface area contributed by atoms with Crippen molar-refractivity contribution in [3.8, 4) is 5.75 Å². The van der Waals surface area contributed by atoms with Crippen molar-refractivity contribution in [1.29, 1.82) is 0 Å². The molecule has 1 N–H and O–H groups in total. The summed E-state index contributed by atoms with van der Waals surface area (Å²) in [7, 11) is 0. The Morgan fingerprint density at radius 1 is 1.24 bits per heavy atom. The smallest absolute Gasteiger partial charge is 0.261 e. The van der Waals surface area contributed by atoms with Gasteiger partial charge in [0.05, 0.1) is 15.3 Å². The predicted octanol–water partition coefficient (Wildman–Crippen LogP) is 4.16. The number of rotatable bonds is 6. The van der Waals surface area contributed by atoms with Gasteiger partial charge in [-0.25, -0.2) is 0 Å². The second-order valence-electron chi connectivity index (χ2n) is 4.92. The van der Waals surface area contributed by atoms with Crippen LogP contribution in [0.25, 0.3) is 0 Å². The fourth-order valence-corrected chi connectivity index (χ4v) is 2.81. The molecule has 0 radical (unpaired) electrons. The van der Waals surface area contributed by atoms with Crippen LogP contribution in [0.2, 0.25) is 4.34 Å². The molecule has 21 heavy (non-hydrogen) atoms. The van der Waals surface area contributed by atoms with Crippen LogP contribution in [0, 0.1) is 0 Å². The topological polar surface area (TPSA) is 38.3 Å². The van der Waals surface area contributed by atoms with Crippen LogP contribution in [0.1, 0.15) is 29.1 Å². The van der Waals surface area contributed by atoms with Gasteiger partial charge in [-0.15, -0.1) is 11.3 Å². The van der Waals surface area contributed by atoms with Crippen molar-refractivity contribution in [2.45, 2.75) is 26.4 Å². The highest BCUT2D eigenvalue weighted by Crippen LogP contribution is 2.21. The fourth-order valence-electron chi connectivity index (χ4n) is 1.85. The highest BCUT2D eigenvalue weighted by atomic mass is 35.5. The molecule has 0 atom stereocenters. The number of benzene rings is 1. The first-order chi connectivity index (χ1) is 10.0. The second-order valence-corrected chi connectivity index (χ2v) is 6.64. The maximum Gasteiger partial charge on any atom is 0.261 e. The van der Waals surface area contributed by atoms with E-state index in [0.717, 1.165) is 17.7 Å². The highest BCUT2D eigenvalue weighted by Gasteiger charge is 2.07. The van der Waals surface area contributed by atoms with Crippen molar-refractivity contribution in [2.75, 3.05) is 6.54 Å². The summed E-state index contributed by atoms with van der Waals surface area (Å²) in [5.41, 5.74) is 1.16. The first-order valence-corrected chi connectivity index (χ1v) is 8.03. The summed E-state index contributed by atoms with van der Waals surface area (Å²) in [4.78, 5) is 12.5. The zero-order chi connectivity index (χ0) is 15.2. The fraction of sp³-hybridized carbons (Fsp3) is 0.312. The number of carbonyl (C=O) groups is 1. The molecule has 112 valence electrons. The summed E-state index contributed by atoms with van der Waals surface area (Å²) in [6.07, 6.45) is 0.958. The molecule has 1 aromatic heterocycles. The van der Waals surface area contributed by atoms with Gasteiger partial charge >= 0.3 is 0 Å². The first kappa shape index (κ1) is 15.9. The van der Waals surface area contributed by atoms with Crippen LogP contribution >= 0.6 is 22.9 Å². The Balaban J connectivity index is 1.79. The zero-order valence-electron chi connectivity index (χ0n) is 12.1. The van der Waals surface area contributed by atoms with Crippen LogP contribution < -0.4 is 10.1 Å². The summed E-state index contributed by atoms with van der Waals surface area (Å²) in [5.74, 6) is 0.790. The van der Waals surface area contributed by atoms with Crippen LogP contribution in [-0.4, -0.2) is 18.6 Å². The van der Waals surface area contributed by atoms with Gasteiger partial charge in [0.1, 0.15) is 5.75 Å². The highest BCUT2D eigenvalue weighted by molar-refractivity contribution is 7.17. The molecular weight excluding hydrogens is 306 g/mol. The van der Waals surface area contributed by atoms with Gasteiger partial charge in [-0.2, -0.15) is 0 Å². The summed E-state index contributed by atoms with van der Waals surface area (Å²) < 4.78 is 6.22. The van der Waals surface area contributed by atoms with E-state index in [0.29, 0.717) is 15.8 Å². The molecular formula is C16H18ClNO2S. The van der Waals surface area contributed by atoms with Gasteiger partial charge in [-0.3, -0.25) is 4.79 Å². The maximum atomic E-state index is 11.8. The normalized spacial score (nSPS) is 10.7. The van der Waals surface area contributed by atoms with Crippen molar-refractivity contribution in [1.82, 2.24) is 5.32 Å². The van der Waals surface area contributed by atoms with E-state index in [1.165, 1.54) is 11.3 Å². The number of amides is 1. The van der Waals surface area contributed by atoms with E-state index in [9.17, 15) is 4.79 Å². The average Bonchev–Trinajstić information content (AvgIpc) is 2.87. The Bertz CT molecular complexity index is 593. The minimum absolute atomic E-state index is 0.0772. The van der Waals surface area contributed by atoms with E-state index in [2.05, 4.69) is 5.32 Å². The van der Waals surface area contributed by atoms with E-state index in [1.54, 1.807) is 12.1 Å². The van der Waals surface area contributed by atoms with Crippen LogP contribution in [0.15, 0.2) is 36.4 Å². The number of hydrogen-bond donors (Lipinski definition) is 1. The van der Waals surface area contributed by atoms with E-state index in [1.807, 2.05) is 38.1 Å². The van der Waals surface area contributed by atoms with Crippen LogP contribution in [0.4, 0.5) is 0 Å². The molecule has 1 heterocycles. The minimum Gasteiger partial charge on any atom is -0.491 e. The Hall–Kier alpha value is -1.52. The standard InChI is InChI=1S/C16H18ClNO2S/c1-11(2)20-13-5-3-12(4-6-13)9-10-18-16(19)14-7-8-15(17)21-14/h3-8,11H,9-10H2,1-2H3,(H,18,19). The SMILES string of the molecule is CC(C)Oc1ccc(CCNC(=O)c2ccc(Cl)s2)cc1. The number of carbonyl (C=O) groups excluding carboxylic acids is 1. The molecule has 0 unspecified atom stereocenters. The molecule has 2 aromatic rings. The lowest BCUT2D eigenvalue weighted by atomic mass is 10.1. The van der Waals surface area contributed by atoms with Gasteiger partial charge in [0.2, 0.25) is 0 Å². The van der Waals surface area contributed by atoms with Crippen molar-refractivity contribution >= 4 is 28.8 Å². The Labute approximate surface area is 133 Å². The lowest BCUT2D eigenvalue weighted by Gasteiger charge is -2.10. The van der Waals surface area contributed by atoms with E-state index in [4.69, 9.17) is 16.3 Å². The average molecular weight is 324 g/mol. The lowest BCUT2D eigenvalue weighted by molar-refractivity contribution is 0.0958. The Morgan fingerprint density at radius 2 is 1.95 bits per heavy atom. The molecule has 1 amide bonds. The van der Waals surface area contributed by atoms with E-state index in [-0.39, 0.29) is 12.0 Å². The van der Waals surface area contributed by atoms with Gasteiger partial charge in [0.15, 0.2) is 0 Å². The van der Waals surface area contributed by atoms with Gasteiger partial charge in [0, 0.05) is 6.54 Å². The molecule has 0 bridgehead atoms. The maximum absolute atomic E-state index is 11.8. The van der Waals surface area contributed by atoms with E-state index < -0.39 is 0 Å². The predicted molar refractivity (Wildman–Crippen MR) is 87.6 cm³/mol. The van der Waals surface area contributed by atoms with Crippen molar-refractivity contribution in [3.63, 3.8) is 0 Å². The van der Waals surface area contributed by atoms with Crippen molar-refractivity contribution in [2.24, 2.45) is 0 Å². The number of ether oxygens (including phenoxy) is 1. The largest absolute Gasteiger partial charge is 0.491 e. The van der Waals surface area contributed by atoms with Crippen LogP contribution in [-0.2, 0) is 6.42 Å². The molecule has 0 saturated carbocycles. The van der Waals surface area contributed by atoms with Gasteiger partial charge < -0.3 is 10.1 Å². The summed E-state index contributed by atoms with van der Waals surface area (Å²) in [6, 6.07) is 11.4. The molecule has 0 aliphatic heterocycles.